The summed E-state index contributed by atoms with van der Waals surface area (Å²) < 4.78 is 0. The molecule has 0 aliphatic rings. The van der Waals surface area contributed by atoms with Crippen molar-refractivity contribution in [3.8, 4) is 0 Å². The Morgan fingerprint density at radius 1 is 1.25 bits per heavy atom. The maximum absolute atomic E-state index is 12.4. The van der Waals surface area contributed by atoms with Crippen LogP contribution in [0, 0.1) is 5.41 Å². The van der Waals surface area contributed by atoms with Crippen molar-refractivity contribution < 1.29 is 14.7 Å². The number of benzene rings is 1. The predicted molar refractivity (Wildman–Crippen MR) is 77.0 cm³/mol. The van der Waals surface area contributed by atoms with E-state index in [-0.39, 0.29) is 12.5 Å². The quantitative estimate of drug-likeness (QED) is 0.707. The standard InChI is InChI=1S/C15H22N2O3/c1-3-15(4-2,10-16)14(20)17-12(13(18)19)11-8-6-5-7-9-11/h5-9,12H,3-4,10,16H2,1-2H3,(H,17,20)(H,18,19)/t12-/m0/s1. The third-order valence-electron chi connectivity index (χ3n) is 3.88. The van der Waals surface area contributed by atoms with Gasteiger partial charge in [-0.3, -0.25) is 4.79 Å². The van der Waals surface area contributed by atoms with Gasteiger partial charge in [-0.05, 0) is 18.4 Å². The molecule has 0 unspecified atom stereocenters. The van der Waals surface area contributed by atoms with Gasteiger partial charge in [0.1, 0.15) is 0 Å². The highest BCUT2D eigenvalue weighted by Crippen LogP contribution is 2.26. The molecule has 0 spiro atoms. The van der Waals surface area contributed by atoms with Crippen LogP contribution in [0.5, 0.6) is 0 Å². The van der Waals surface area contributed by atoms with E-state index in [0.717, 1.165) is 0 Å². The summed E-state index contributed by atoms with van der Waals surface area (Å²) in [6.07, 6.45) is 1.15. The summed E-state index contributed by atoms with van der Waals surface area (Å²) in [4.78, 5) is 23.8. The molecule has 0 radical (unpaired) electrons. The molecule has 1 aromatic rings. The maximum atomic E-state index is 12.4. The Morgan fingerprint density at radius 3 is 2.20 bits per heavy atom. The average Bonchev–Trinajstić information content (AvgIpc) is 2.47. The number of carbonyl (C=O) groups excluding carboxylic acids is 1. The van der Waals surface area contributed by atoms with Gasteiger partial charge in [-0.1, -0.05) is 44.2 Å². The van der Waals surface area contributed by atoms with Crippen LogP contribution in [0.4, 0.5) is 0 Å². The molecular formula is C15H22N2O3. The van der Waals surface area contributed by atoms with Crippen molar-refractivity contribution in [1.29, 1.82) is 0 Å². The van der Waals surface area contributed by atoms with Gasteiger partial charge in [0.25, 0.3) is 0 Å². The molecule has 0 fully saturated rings. The number of carboxylic acids is 1. The zero-order chi connectivity index (χ0) is 15.2. The topological polar surface area (TPSA) is 92.4 Å². The second-order valence-electron chi connectivity index (χ2n) is 4.85. The van der Waals surface area contributed by atoms with Gasteiger partial charge < -0.3 is 16.2 Å². The molecular weight excluding hydrogens is 256 g/mol. The van der Waals surface area contributed by atoms with Gasteiger partial charge in [0.05, 0.1) is 5.41 Å². The first-order chi connectivity index (χ1) is 9.50. The van der Waals surface area contributed by atoms with Crippen molar-refractivity contribution in [2.24, 2.45) is 11.1 Å². The molecule has 0 aliphatic heterocycles. The first-order valence-corrected chi connectivity index (χ1v) is 6.79. The third-order valence-corrected chi connectivity index (χ3v) is 3.88. The second-order valence-corrected chi connectivity index (χ2v) is 4.85. The van der Waals surface area contributed by atoms with Crippen molar-refractivity contribution in [3.63, 3.8) is 0 Å². The highest BCUT2D eigenvalue weighted by atomic mass is 16.4. The minimum absolute atomic E-state index is 0.201. The fraction of sp³-hybridized carbons (Fsp3) is 0.467. The average molecular weight is 278 g/mol. The Balaban J connectivity index is 2.97. The van der Waals surface area contributed by atoms with Crippen molar-refractivity contribution >= 4 is 11.9 Å². The van der Waals surface area contributed by atoms with Crippen LogP contribution >= 0.6 is 0 Å². The SMILES string of the molecule is CCC(CC)(CN)C(=O)N[C@H](C(=O)O)c1ccccc1. The summed E-state index contributed by atoms with van der Waals surface area (Å²) >= 11 is 0. The van der Waals surface area contributed by atoms with E-state index in [1.165, 1.54) is 0 Å². The van der Waals surface area contributed by atoms with Crippen LogP contribution in [0.15, 0.2) is 30.3 Å². The molecule has 1 amide bonds. The summed E-state index contributed by atoms with van der Waals surface area (Å²) in [5.74, 6) is -1.39. The van der Waals surface area contributed by atoms with Gasteiger partial charge in [-0.25, -0.2) is 4.79 Å². The minimum atomic E-state index is -1.08. The minimum Gasteiger partial charge on any atom is -0.479 e. The Labute approximate surface area is 119 Å². The van der Waals surface area contributed by atoms with E-state index in [9.17, 15) is 14.7 Å². The number of aliphatic carboxylic acids is 1. The highest BCUT2D eigenvalue weighted by Gasteiger charge is 2.36. The maximum Gasteiger partial charge on any atom is 0.330 e. The van der Waals surface area contributed by atoms with Gasteiger partial charge in [-0.2, -0.15) is 0 Å². The van der Waals surface area contributed by atoms with Gasteiger partial charge in [0.15, 0.2) is 6.04 Å². The number of hydrogen-bond donors (Lipinski definition) is 3. The van der Waals surface area contributed by atoms with E-state index in [1.807, 2.05) is 13.8 Å². The zero-order valence-corrected chi connectivity index (χ0v) is 11.9. The fourth-order valence-corrected chi connectivity index (χ4v) is 2.17. The molecule has 5 nitrogen and oxygen atoms in total. The van der Waals surface area contributed by atoms with E-state index in [4.69, 9.17) is 5.73 Å². The zero-order valence-electron chi connectivity index (χ0n) is 11.9. The number of carbonyl (C=O) groups is 2. The van der Waals surface area contributed by atoms with Crippen LogP contribution in [-0.4, -0.2) is 23.5 Å². The van der Waals surface area contributed by atoms with Crippen LogP contribution < -0.4 is 11.1 Å². The van der Waals surface area contributed by atoms with Crippen LogP contribution in [0.1, 0.15) is 38.3 Å². The predicted octanol–water partition coefficient (Wildman–Crippen LogP) is 1.69. The van der Waals surface area contributed by atoms with Crippen LogP contribution in [0.25, 0.3) is 0 Å². The molecule has 1 aromatic carbocycles. The summed E-state index contributed by atoms with van der Waals surface area (Å²) in [6.45, 7) is 3.97. The molecule has 0 aromatic heterocycles. The molecule has 110 valence electrons. The molecule has 5 heteroatoms. The van der Waals surface area contributed by atoms with Gasteiger partial charge in [0, 0.05) is 6.54 Å². The lowest BCUT2D eigenvalue weighted by atomic mass is 9.81. The first kappa shape index (κ1) is 16.2. The highest BCUT2D eigenvalue weighted by molar-refractivity contribution is 5.88. The fourth-order valence-electron chi connectivity index (χ4n) is 2.17. The Morgan fingerprint density at radius 2 is 1.80 bits per heavy atom. The van der Waals surface area contributed by atoms with Gasteiger partial charge in [-0.15, -0.1) is 0 Å². The van der Waals surface area contributed by atoms with Crippen molar-refractivity contribution in [3.05, 3.63) is 35.9 Å². The van der Waals surface area contributed by atoms with E-state index >= 15 is 0 Å². The summed E-state index contributed by atoms with van der Waals surface area (Å²) in [5.41, 5.74) is 5.55. The number of amides is 1. The number of nitrogens with one attached hydrogen (secondary N) is 1. The van der Waals surface area contributed by atoms with E-state index in [2.05, 4.69) is 5.32 Å². The lowest BCUT2D eigenvalue weighted by Crippen LogP contribution is -2.47. The smallest absolute Gasteiger partial charge is 0.330 e. The summed E-state index contributed by atoms with van der Waals surface area (Å²) in [5, 5.41) is 11.9. The summed E-state index contributed by atoms with van der Waals surface area (Å²) in [7, 11) is 0. The lowest BCUT2D eigenvalue weighted by Gasteiger charge is -2.30. The molecule has 0 heterocycles. The van der Waals surface area contributed by atoms with Gasteiger partial charge >= 0.3 is 5.97 Å². The van der Waals surface area contributed by atoms with E-state index < -0.39 is 17.4 Å². The Bertz CT molecular complexity index is 447. The summed E-state index contributed by atoms with van der Waals surface area (Å²) in [6, 6.07) is 7.60. The molecule has 4 N–H and O–H groups in total. The number of nitrogens with two attached hydrogens (primary N) is 1. The molecule has 1 atom stereocenters. The lowest BCUT2D eigenvalue weighted by molar-refractivity contribution is -0.144. The Kier molecular flexibility index (Phi) is 5.70. The van der Waals surface area contributed by atoms with Crippen LogP contribution in [0.2, 0.25) is 0 Å². The monoisotopic (exact) mass is 278 g/mol. The largest absolute Gasteiger partial charge is 0.479 e. The number of carboxylic acid groups (broad SMARTS) is 1. The molecule has 0 saturated heterocycles. The second kappa shape index (κ2) is 7.05. The molecule has 0 saturated carbocycles. The van der Waals surface area contributed by atoms with Crippen LogP contribution in [-0.2, 0) is 9.59 Å². The number of rotatable bonds is 7. The Hall–Kier alpha value is -1.88. The normalized spacial score (nSPS) is 12.8. The number of hydrogen-bond acceptors (Lipinski definition) is 3. The van der Waals surface area contributed by atoms with Crippen LogP contribution in [0.3, 0.4) is 0 Å². The van der Waals surface area contributed by atoms with Crippen molar-refractivity contribution in [1.82, 2.24) is 5.32 Å². The van der Waals surface area contributed by atoms with E-state index in [1.54, 1.807) is 30.3 Å². The first-order valence-electron chi connectivity index (χ1n) is 6.79. The molecule has 0 aliphatic carbocycles. The van der Waals surface area contributed by atoms with Crippen molar-refractivity contribution in [2.75, 3.05) is 6.54 Å². The molecule has 1 rings (SSSR count). The van der Waals surface area contributed by atoms with E-state index in [0.29, 0.717) is 18.4 Å². The molecule has 20 heavy (non-hydrogen) atoms. The molecule has 0 bridgehead atoms. The third kappa shape index (κ3) is 3.36. The van der Waals surface area contributed by atoms with Crippen molar-refractivity contribution in [2.45, 2.75) is 32.7 Å². The van der Waals surface area contributed by atoms with Gasteiger partial charge in [0.2, 0.25) is 5.91 Å².